The molecule has 0 aromatic heterocycles. The molecule has 1 aliphatic rings. The van der Waals surface area contributed by atoms with Crippen LogP contribution in [0.15, 0.2) is 18.2 Å². The number of piperidine rings is 1. The minimum atomic E-state index is -4.46. The Hall–Kier alpha value is -1.18. The Labute approximate surface area is 133 Å². The van der Waals surface area contributed by atoms with E-state index in [4.69, 9.17) is 0 Å². The Balaban J connectivity index is 1.72. The summed E-state index contributed by atoms with van der Waals surface area (Å²) in [5.74, 6) is -0.629. The number of aliphatic hydroxyl groups excluding tert-OH is 1. The highest BCUT2D eigenvalue weighted by molar-refractivity contribution is 5.27. The predicted octanol–water partition coefficient (Wildman–Crippen LogP) is 2.78. The van der Waals surface area contributed by atoms with E-state index in [0.29, 0.717) is 6.54 Å². The van der Waals surface area contributed by atoms with Gasteiger partial charge in [-0.3, -0.25) is 0 Å². The lowest BCUT2D eigenvalue weighted by Crippen LogP contribution is -2.37. The van der Waals surface area contributed by atoms with Crippen LogP contribution in [-0.4, -0.2) is 42.3 Å². The zero-order chi connectivity index (χ0) is 16.9. The Kier molecular flexibility index (Phi) is 6.38. The van der Waals surface area contributed by atoms with E-state index in [-0.39, 0.29) is 18.2 Å². The third-order valence-electron chi connectivity index (χ3n) is 4.07. The highest BCUT2D eigenvalue weighted by Crippen LogP contribution is 2.30. The van der Waals surface area contributed by atoms with E-state index in [1.165, 1.54) is 0 Å². The molecule has 130 valence electrons. The molecule has 0 radical (unpaired) electrons. The van der Waals surface area contributed by atoms with Crippen LogP contribution in [0.3, 0.4) is 0 Å². The summed E-state index contributed by atoms with van der Waals surface area (Å²) in [5, 5.41) is 12.4. The third-order valence-corrected chi connectivity index (χ3v) is 4.07. The fourth-order valence-corrected chi connectivity index (χ4v) is 2.68. The lowest BCUT2D eigenvalue weighted by Gasteiger charge is -2.29. The average molecular weight is 334 g/mol. The van der Waals surface area contributed by atoms with Gasteiger partial charge in [0.05, 0.1) is 11.7 Å². The van der Waals surface area contributed by atoms with E-state index in [9.17, 15) is 22.7 Å². The summed E-state index contributed by atoms with van der Waals surface area (Å²) in [6.07, 6.45) is -2.27. The molecular weight excluding hydrogens is 312 g/mol. The lowest BCUT2D eigenvalue weighted by molar-refractivity contribution is -0.137. The van der Waals surface area contributed by atoms with Crippen LogP contribution >= 0.6 is 0 Å². The minimum absolute atomic E-state index is 0.0286. The van der Waals surface area contributed by atoms with Gasteiger partial charge in [0.2, 0.25) is 0 Å². The van der Waals surface area contributed by atoms with Crippen LogP contribution in [0.1, 0.15) is 30.4 Å². The molecule has 0 spiro atoms. The number of likely N-dealkylation sites (tertiary alicyclic amines) is 1. The van der Waals surface area contributed by atoms with Crippen molar-refractivity contribution in [3.8, 4) is 0 Å². The number of alkyl halides is 3. The van der Waals surface area contributed by atoms with Crippen LogP contribution in [-0.2, 0) is 12.7 Å². The third kappa shape index (κ3) is 5.75. The van der Waals surface area contributed by atoms with Gasteiger partial charge in [0.25, 0.3) is 0 Å². The molecule has 3 nitrogen and oxygen atoms in total. The maximum Gasteiger partial charge on any atom is 0.416 e. The summed E-state index contributed by atoms with van der Waals surface area (Å²) in [5.41, 5.74) is -0.802. The number of aliphatic hydroxyl groups is 1. The lowest BCUT2D eigenvalue weighted by atomic mass is 10.1. The second-order valence-corrected chi connectivity index (χ2v) is 5.91. The molecule has 0 saturated carbocycles. The molecule has 1 saturated heterocycles. The molecule has 1 heterocycles. The van der Waals surface area contributed by atoms with Gasteiger partial charge in [0, 0.05) is 25.2 Å². The Morgan fingerprint density at radius 1 is 1.22 bits per heavy atom. The monoisotopic (exact) mass is 334 g/mol. The minimum Gasteiger partial charge on any atom is -0.393 e. The summed E-state index contributed by atoms with van der Waals surface area (Å²) in [7, 11) is 0. The fraction of sp³-hybridized carbons (Fsp3) is 0.625. The maximum atomic E-state index is 13.6. The molecule has 7 heteroatoms. The molecule has 1 fully saturated rings. The van der Waals surface area contributed by atoms with Crippen molar-refractivity contribution < 1.29 is 22.7 Å². The van der Waals surface area contributed by atoms with E-state index in [0.717, 1.165) is 57.1 Å². The zero-order valence-electron chi connectivity index (χ0n) is 12.9. The van der Waals surface area contributed by atoms with E-state index in [2.05, 4.69) is 10.2 Å². The van der Waals surface area contributed by atoms with Crippen molar-refractivity contribution in [1.29, 1.82) is 0 Å². The van der Waals surface area contributed by atoms with Gasteiger partial charge in [0.15, 0.2) is 0 Å². The van der Waals surface area contributed by atoms with Gasteiger partial charge in [0.1, 0.15) is 5.82 Å². The number of hydrogen-bond donors (Lipinski definition) is 2. The first-order valence-corrected chi connectivity index (χ1v) is 7.83. The molecule has 1 aromatic rings. The predicted molar refractivity (Wildman–Crippen MR) is 79.4 cm³/mol. The summed E-state index contributed by atoms with van der Waals surface area (Å²) < 4.78 is 51.4. The molecule has 23 heavy (non-hydrogen) atoms. The number of hydrogen-bond acceptors (Lipinski definition) is 3. The molecule has 0 bridgehead atoms. The molecular formula is C16H22F4N2O. The average Bonchev–Trinajstić information content (AvgIpc) is 2.49. The first-order valence-electron chi connectivity index (χ1n) is 7.83. The van der Waals surface area contributed by atoms with Gasteiger partial charge in [-0.25, -0.2) is 4.39 Å². The van der Waals surface area contributed by atoms with Crippen molar-refractivity contribution in [2.45, 2.75) is 38.1 Å². The first-order chi connectivity index (χ1) is 10.9. The van der Waals surface area contributed by atoms with Crippen LogP contribution in [0.5, 0.6) is 0 Å². The zero-order valence-corrected chi connectivity index (χ0v) is 12.9. The number of benzene rings is 1. The number of nitrogens with zero attached hydrogens (tertiary/aromatic N) is 1. The molecule has 0 amide bonds. The van der Waals surface area contributed by atoms with Gasteiger partial charge in [-0.15, -0.1) is 0 Å². The largest absolute Gasteiger partial charge is 0.416 e. The van der Waals surface area contributed by atoms with Crippen molar-refractivity contribution in [2.24, 2.45) is 0 Å². The molecule has 0 unspecified atom stereocenters. The van der Waals surface area contributed by atoms with Crippen molar-refractivity contribution >= 4 is 0 Å². The summed E-state index contributed by atoms with van der Waals surface area (Å²) in [6, 6.07) is 2.47. The van der Waals surface area contributed by atoms with Crippen LogP contribution in [0, 0.1) is 5.82 Å². The molecule has 1 aliphatic heterocycles. The van der Waals surface area contributed by atoms with Crippen molar-refractivity contribution in [3.05, 3.63) is 35.1 Å². The quantitative estimate of drug-likeness (QED) is 0.620. The molecule has 0 atom stereocenters. The van der Waals surface area contributed by atoms with E-state index < -0.39 is 17.6 Å². The van der Waals surface area contributed by atoms with Gasteiger partial charge in [-0.05, 0) is 50.6 Å². The molecule has 2 N–H and O–H groups in total. The number of rotatable bonds is 6. The Morgan fingerprint density at radius 3 is 2.57 bits per heavy atom. The molecule has 1 aromatic carbocycles. The second-order valence-electron chi connectivity index (χ2n) is 5.91. The van der Waals surface area contributed by atoms with Crippen molar-refractivity contribution in [3.63, 3.8) is 0 Å². The van der Waals surface area contributed by atoms with Crippen molar-refractivity contribution in [1.82, 2.24) is 10.2 Å². The van der Waals surface area contributed by atoms with Gasteiger partial charge in [-0.2, -0.15) is 13.2 Å². The normalized spacial score (nSPS) is 17.6. The number of nitrogens with one attached hydrogen (secondary N) is 1. The van der Waals surface area contributed by atoms with Crippen LogP contribution in [0.25, 0.3) is 0 Å². The summed E-state index contributed by atoms with van der Waals surface area (Å²) >= 11 is 0. The van der Waals surface area contributed by atoms with Crippen LogP contribution < -0.4 is 5.32 Å². The second kappa shape index (κ2) is 8.08. The standard InChI is InChI=1S/C16H22F4N2O/c17-15-3-2-13(16(18,19)20)10-12(15)11-21-6-1-7-22-8-4-14(23)5-9-22/h2-3,10,14,21,23H,1,4-9,11H2. The maximum absolute atomic E-state index is 13.6. The highest BCUT2D eigenvalue weighted by atomic mass is 19.4. The molecule has 2 rings (SSSR count). The Morgan fingerprint density at radius 2 is 1.91 bits per heavy atom. The van der Waals surface area contributed by atoms with E-state index in [1.54, 1.807) is 0 Å². The van der Waals surface area contributed by atoms with Crippen LogP contribution in [0.2, 0.25) is 0 Å². The summed E-state index contributed by atoms with van der Waals surface area (Å²) in [4.78, 5) is 2.25. The van der Waals surface area contributed by atoms with Gasteiger partial charge >= 0.3 is 6.18 Å². The Bertz CT molecular complexity index is 499. The van der Waals surface area contributed by atoms with E-state index >= 15 is 0 Å². The topological polar surface area (TPSA) is 35.5 Å². The van der Waals surface area contributed by atoms with Gasteiger partial charge < -0.3 is 15.3 Å². The van der Waals surface area contributed by atoms with Gasteiger partial charge in [-0.1, -0.05) is 0 Å². The van der Waals surface area contributed by atoms with E-state index in [1.807, 2.05) is 0 Å². The number of halogens is 4. The summed E-state index contributed by atoms with van der Waals surface area (Å²) in [6.45, 7) is 3.28. The fourth-order valence-electron chi connectivity index (χ4n) is 2.68. The first kappa shape index (κ1) is 18.2. The highest BCUT2D eigenvalue weighted by Gasteiger charge is 2.30. The van der Waals surface area contributed by atoms with Crippen LogP contribution in [0.4, 0.5) is 17.6 Å². The SMILES string of the molecule is OC1CCN(CCCNCc2cc(C(F)(F)F)ccc2F)CC1. The van der Waals surface area contributed by atoms with Crippen molar-refractivity contribution in [2.75, 3.05) is 26.2 Å². The smallest absolute Gasteiger partial charge is 0.393 e. The molecule has 0 aliphatic carbocycles.